The molecule has 1 aromatic carbocycles. The Morgan fingerprint density at radius 1 is 1.04 bits per heavy atom. The van der Waals surface area contributed by atoms with Gasteiger partial charge in [0.05, 0.1) is 18.7 Å². The molecule has 0 radical (unpaired) electrons. The molecule has 1 saturated heterocycles. The van der Waals surface area contributed by atoms with E-state index in [1.807, 2.05) is 25.4 Å². The third-order valence-electron chi connectivity index (χ3n) is 4.99. The molecule has 2 aromatic heterocycles. The van der Waals surface area contributed by atoms with E-state index in [4.69, 9.17) is 14.7 Å². The van der Waals surface area contributed by atoms with Crippen molar-refractivity contribution in [3.63, 3.8) is 0 Å². The van der Waals surface area contributed by atoms with Gasteiger partial charge in [0.15, 0.2) is 5.65 Å². The molecule has 0 amide bonds. The first-order valence-electron chi connectivity index (χ1n) is 9.14. The van der Waals surface area contributed by atoms with Crippen molar-refractivity contribution in [2.24, 2.45) is 7.05 Å². The number of likely N-dealkylation sites (N-methyl/N-ethyl adjacent to an activating group) is 1. The summed E-state index contributed by atoms with van der Waals surface area (Å²) in [6.07, 6.45) is 1.82. The quantitative estimate of drug-likeness (QED) is 0.736. The first-order valence-corrected chi connectivity index (χ1v) is 9.14. The summed E-state index contributed by atoms with van der Waals surface area (Å²) in [5.74, 6) is 2.43. The highest BCUT2D eigenvalue weighted by Gasteiger charge is 2.19. The van der Waals surface area contributed by atoms with Gasteiger partial charge in [0.25, 0.3) is 0 Å². The monoisotopic (exact) mass is 367 g/mol. The number of aryl methyl sites for hydroxylation is 1. The molecule has 3 aromatic rings. The van der Waals surface area contributed by atoms with Crippen LogP contribution in [0.2, 0.25) is 0 Å². The maximum atomic E-state index is 5.22. The molecule has 0 aliphatic carbocycles. The highest BCUT2D eigenvalue weighted by atomic mass is 16.5. The molecule has 1 fully saturated rings. The number of hydrogen-bond acceptors (Lipinski definition) is 7. The average Bonchev–Trinajstić information content (AvgIpc) is 3.08. The highest BCUT2D eigenvalue weighted by Crippen LogP contribution is 2.24. The Bertz CT molecular complexity index is 914. The number of nitrogens with one attached hydrogen (secondary N) is 1. The lowest BCUT2D eigenvalue weighted by atomic mass is 10.2. The maximum absolute atomic E-state index is 5.22. The first kappa shape index (κ1) is 17.5. The van der Waals surface area contributed by atoms with Crippen molar-refractivity contribution in [2.45, 2.75) is 6.54 Å². The SMILES string of the molecule is COc1ccc(CNc2nc(N3CCN(C)CC3)nc3c2cnn3C)cc1. The first-order chi connectivity index (χ1) is 13.1. The third kappa shape index (κ3) is 3.66. The Balaban J connectivity index is 1.60. The van der Waals surface area contributed by atoms with Gasteiger partial charge in [-0.05, 0) is 24.7 Å². The molecular formula is C19H25N7O. The van der Waals surface area contributed by atoms with Gasteiger partial charge in [-0.3, -0.25) is 4.68 Å². The largest absolute Gasteiger partial charge is 0.497 e. The molecule has 1 aliphatic heterocycles. The summed E-state index contributed by atoms with van der Waals surface area (Å²) in [6.45, 7) is 4.56. The maximum Gasteiger partial charge on any atom is 0.229 e. The minimum Gasteiger partial charge on any atom is -0.497 e. The van der Waals surface area contributed by atoms with Gasteiger partial charge in [0.2, 0.25) is 5.95 Å². The summed E-state index contributed by atoms with van der Waals surface area (Å²) in [4.78, 5) is 14.1. The number of piperazine rings is 1. The molecule has 27 heavy (non-hydrogen) atoms. The minimum atomic E-state index is 0.674. The van der Waals surface area contributed by atoms with Gasteiger partial charge in [-0.15, -0.1) is 0 Å². The van der Waals surface area contributed by atoms with Crippen LogP contribution in [0.5, 0.6) is 5.75 Å². The smallest absolute Gasteiger partial charge is 0.229 e. The van der Waals surface area contributed by atoms with Gasteiger partial charge in [0, 0.05) is 39.8 Å². The van der Waals surface area contributed by atoms with Crippen molar-refractivity contribution < 1.29 is 4.74 Å². The van der Waals surface area contributed by atoms with Crippen molar-refractivity contribution >= 4 is 22.8 Å². The third-order valence-corrected chi connectivity index (χ3v) is 4.99. The van der Waals surface area contributed by atoms with E-state index in [0.717, 1.165) is 60.3 Å². The summed E-state index contributed by atoms with van der Waals surface area (Å²) in [5, 5.41) is 8.76. The lowest BCUT2D eigenvalue weighted by molar-refractivity contribution is 0.311. The number of rotatable bonds is 5. The standard InChI is InChI=1S/C19H25N7O/c1-24-8-10-26(11-9-24)19-22-17(16-13-21-25(2)18(16)23-19)20-12-14-4-6-15(27-3)7-5-14/h4-7,13H,8-12H2,1-3H3,(H,20,22,23). The summed E-state index contributed by atoms with van der Waals surface area (Å²) in [5.41, 5.74) is 2.00. The number of hydrogen-bond donors (Lipinski definition) is 1. The van der Waals surface area contributed by atoms with Crippen LogP contribution in [0.25, 0.3) is 11.0 Å². The van der Waals surface area contributed by atoms with Crippen molar-refractivity contribution in [1.82, 2.24) is 24.6 Å². The topological polar surface area (TPSA) is 71.3 Å². The Morgan fingerprint density at radius 2 is 1.78 bits per heavy atom. The van der Waals surface area contributed by atoms with Crippen LogP contribution < -0.4 is 15.0 Å². The van der Waals surface area contributed by atoms with Crippen LogP contribution in [-0.2, 0) is 13.6 Å². The van der Waals surface area contributed by atoms with Crippen LogP contribution >= 0.6 is 0 Å². The molecule has 8 heteroatoms. The van der Waals surface area contributed by atoms with Gasteiger partial charge in [0.1, 0.15) is 11.6 Å². The van der Waals surface area contributed by atoms with Gasteiger partial charge in [-0.25, -0.2) is 0 Å². The van der Waals surface area contributed by atoms with E-state index < -0.39 is 0 Å². The summed E-state index contributed by atoms with van der Waals surface area (Å²) in [7, 11) is 5.73. The Labute approximate surface area is 158 Å². The molecule has 0 unspecified atom stereocenters. The summed E-state index contributed by atoms with van der Waals surface area (Å²) in [6, 6.07) is 8.03. The van der Waals surface area contributed by atoms with Crippen LogP contribution in [0.1, 0.15) is 5.56 Å². The normalized spacial score (nSPS) is 15.3. The molecule has 0 saturated carbocycles. The van der Waals surface area contributed by atoms with Crippen molar-refractivity contribution in [3.05, 3.63) is 36.0 Å². The van der Waals surface area contributed by atoms with E-state index in [1.54, 1.807) is 11.8 Å². The van der Waals surface area contributed by atoms with Gasteiger partial charge in [-0.2, -0.15) is 15.1 Å². The highest BCUT2D eigenvalue weighted by molar-refractivity contribution is 5.87. The van der Waals surface area contributed by atoms with E-state index in [-0.39, 0.29) is 0 Å². The molecule has 0 atom stereocenters. The zero-order valence-corrected chi connectivity index (χ0v) is 16.0. The van der Waals surface area contributed by atoms with Crippen LogP contribution in [0.15, 0.2) is 30.5 Å². The van der Waals surface area contributed by atoms with Gasteiger partial charge in [-0.1, -0.05) is 12.1 Å². The molecule has 4 rings (SSSR count). The summed E-state index contributed by atoms with van der Waals surface area (Å²) >= 11 is 0. The fraction of sp³-hybridized carbons (Fsp3) is 0.421. The zero-order chi connectivity index (χ0) is 18.8. The molecule has 3 heterocycles. The summed E-state index contributed by atoms with van der Waals surface area (Å²) < 4.78 is 7.02. The predicted molar refractivity (Wildman–Crippen MR) is 106 cm³/mol. The van der Waals surface area contributed by atoms with Crippen LogP contribution in [0.3, 0.4) is 0 Å². The van der Waals surface area contributed by atoms with Crippen LogP contribution in [-0.4, -0.2) is 65.0 Å². The Morgan fingerprint density at radius 3 is 2.48 bits per heavy atom. The predicted octanol–water partition coefficient (Wildman–Crippen LogP) is 1.74. The number of nitrogens with zero attached hydrogens (tertiary/aromatic N) is 6. The number of fused-ring (bicyclic) bond motifs is 1. The lowest BCUT2D eigenvalue weighted by Crippen LogP contribution is -2.45. The van der Waals surface area contributed by atoms with Gasteiger partial charge >= 0.3 is 0 Å². The van der Waals surface area contributed by atoms with E-state index in [0.29, 0.717) is 6.54 Å². The molecule has 142 valence electrons. The molecule has 1 N–H and O–H groups in total. The zero-order valence-electron chi connectivity index (χ0n) is 16.0. The minimum absolute atomic E-state index is 0.674. The Kier molecular flexibility index (Phi) is 4.81. The fourth-order valence-corrected chi connectivity index (χ4v) is 3.22. The molecule has 1 aliphatic rings. The Hall–Kier alpha value is -2.87. The van der Waals surface area contributed by atoms with Crippen molar-refractivity contribution in [3.8, 4) is 5.75 Å². The molecule has 0 spiro atoms. The van der Waals surface area contributed by atoms with E-state index in [9.17, 15) is 0 Å². The second-order valence-corrected chi connectivity index (χ2v) is 6.87. The average molecular weight is 367 g/mol. The second-order valence-electron chi connectivity index (χ2n) is 6.87. The molecular weight excluding hydrogens is 342 g/mol. The fourth-order valence-electron chi connectivity index (χ4n) is 3.22. The number of aromatic nitrogens is 4. The number of methoxy groups -OCH3 is 1. The number of benzene rings is 1. The second kappa shape index (κ2) is 7.40. The molecule has 8 nitrogen and oxygen atoms in total. The van der Waals surface area contributed by atoms with E-state index in [1.165, 1.54) is 0 Å². The van der Waals surface area contributed by atoms with Crippen LogP contribution in [0, 0.1) is 0 Å². The van der Waals surface area contributed by atoms with Crippen LogP contribution in [0.4, 0.5) is 11.8 Å². The van der Waals surface area contributed by atoms with Crippen molar-refractivity contribution in [2.75, 3.05) is 50.6 Å². The lowest BCUT2D eigenvalue weighted by Gasteiger charge is -2.32. The van der Waals surface area contributed by atoms with E-state index in [2.05, 4.69) is 39.4 Å². The van der Waals surface area contributed by atoms with Crippen molar-refractivity contribution in [1.29, 1.82) is 0 Å². The number of anilines is 2. The molecule has 0 bridgehead atoms. The van der Waals surface area contributed by atoms with Gasteiger partial charge < -0.3 is 19.9 Å². The number of ether oxygens (including phenoxy) is 1. The van der Waals surface area contributed by atoms with E-state index >= 15 is 0 Å².